The highest BCUT2D eigenvalue weighted by Gasteiger charge is 2.15. The van der Waals surface area contributed by atoms with Gasteiger partial charge in [-0.1, -0.05) is 0 Å². The summed E-state index contributed by atoms with van der Waals surface area (Å²) in [6.45, 7) is 1.39. The minimum Gasteiger partial charge on any atom is -0.496 e. The van der Waals surface area contributed by atoms with Crippen LogP contribution in [0.15, 0.2) is 12.1 Å². The molecular weight excluding hydrogens is 178 g/mol. The summed E-state index contributed by atoms with van der Waals surface area (Å²) in [5.41, 5.74) is -0.0242. The average molecular weight is 188 g/mol. The van der Waals surface area contributed by atoms with Crippen LogP contribution in [-0.4, -0.2) is 12.2 Å². The maximum Gasteiger partial charge on any atom is 0.135 e. The van der Waals surface area contributed by atoms with Crippen molar-refractivity contribution < 1.29 is 18.6 Å². The topological polar surface area (TPSA) is 29.5 Å². The Morgan fingerprint density at radius 2 is 2.00 bits per heavy atom. The van der Waals surface area contributed by atoms with E-state index in [0.29, 0.717) is 6.07 Å². The fourth-order valence-electron chi connectivity index (χ4n) is 1.14. The van der Waals surface area contributed by atoms with Gasteiger partial charge in [0.25, 0.3) is 0 Å². The van der Waals surface area contributed by atoms with E-state index in [4.69, 9.17) is 9.84 Å². The van der Waals surface area contributed by atoms with Crippen molar-refractivity contribution in [2.24, 2.45) is 0 Å². The van der Waals surface area contributed by atoms with Gasteiger partial charge in [0.15, 0.2) is 0 Å². The second kappa shape index (κ2) is 3.70. The number of hydrogen-bond acceptors (Lipinski definition) is 2. The van der Waals surface area contributed by atoms with Gasteiger partial charge in [0.2, 0.25) is 0 Å². The normalized spacial score (nSPS) is 12.7. The summed E-state index contributed by atoms with van der Waals surface area (Å²) in [5, 5.41) is 9.16. The Morgan fingerprint density at radius 3 is 2.46 bits per heavy atom. The summed E-state index contributed by atoms with van der Waals surface area (Å²) >= 11 is 0. The molecule has 0 bridgehead atoms. The van der Waals surface area contributed by atoms with Crippen LogP contribution in [0.3, 0.4) is 0 Å². The second-order valence-electron chi connectivity index (χ2n) is 2.68. The molecule has 1 rings (SSSR count). The van der Waals surface area contributed by atoms with Crippen molar-refractivity contribution in [3.8, 4) is 5.75 Å². The highest BCUT2D eigenvalue weighted by Crippen LogP contribution is 2.28. The van der Waals surface area contributed by atoms with E-state index in [1.807, 2.05) is 0 Å². The number of ether oxygens (including phenoxy) is 1. The molecular formula is C9H10F2O2. The maximum absolute atomic E-state index is 13.1. The van der Waals surface area contributed by atoms with Crippen molar-refractivity contribution in [1.29, 1.82) is 0 Å². The maximum atomic E-state index is 13.1. The Kier molecular flexibility index (Phi) is 2.83. The van der Waals surface area contributed by atoms with Gasteiger partial charge in [0.05, 0.1) is 18.8 Å². The van der Waals surface area contributed by atoms with E-state index in [1.165, 1.54) is 14.0 Å². The van der Waals surface area contributed by atoms with Crippen LogP contribution in [0.25, 0.3) is 0 Å². The first kappa shape index (κ1) is 9.92. The zero-order chi connectivity index (χ0) is 10.0. The van der Waals surface area contributed by atoms with Crippen molar-refractivity contribution in [3.05, 3.63) is 29.3 Å². The van der Waals surface area contributed by atoms with Crippen molar-refractivity contribution in [2.75, 3.05) is 7.11 Å². The first-order valence-corrected chi connectivity index (χ1v) is 3.77. The lowest BCUT2D eigenvalue weighted by atomic mass is 10.1. The Bertz CT molecular complexity index is 311. The van der Waals surface area contributed by atoms with Crippen LogP contribution in [0.1, 0.15) is 18.6 Å². The van der Waals surface area contributed by atoms with Gasteiger partial charge < -0.3 is 9.84 Å². The Morgan fingerprint density at radius 1 is 1.38 bits per heavy atom. The summed E-state index contributed by atoms with van der Waals surface area (Å²) in [7, 11) is 1.29. The van der Waals surface area contributed by atoms with E-state index in [0.717, 1.165) is 6.07 Å². The molecule has 1 aromatic rings. The van der Waals surface area contributed by atoms with Crippen LogP contribution >= 0.6 is 0 Å². The van der Waals surface area contributed by atoms with Crippen LogP contribution in [0.4, 0.5) is 8.78 Å². The zero-order valence-electron chi connectivity index (χ0n) is 7.34. The highest BCUT2D eigenvalue weighted by atomic mass is 19.1. The van der Waals surface area contributed by atoms with Gasteiger partial charge in [-0.25, -0.2) is 8.78 Å². The molecule has 0 saturated carbocycles. The lowest BCUT2D eigenvalue weighted by Gasteiger charge is -2.11. The molecule has 0 heterocycles. The van der Waals surface area contributed by atoms with Gasteiger partial charge in [0.1, 0.15) is 17.4 Å². The molecule has 1 aromatic carbocycles. The number of rotatable bonds is 2. The summed E-state index contributed by atoms with van der Waals surface area (Å²) < 4.78 is 30.5. The van der Waals surface area contributed by atoms with Crippen molar-refractivity contribution in [1.82, 2.24) is 0 Å². The molecule has 0 spiro atoms. The van der Waals surface area contributed by atoms with E-state index in [-0.39, 0.29) is 11.3 Å². The minimum absolute atomic E-state index is 0.0208. The van der Waals surface area contributed by atoms with Crippen molar-refractivity contribution in [3.63, 3.8) is 0 Å². The SMILES string of the molecule is COc1cc(F)cc(F)c1[C@H](C)O. The van der Waals surface area contributed by atoms with E-state index in [9.17, 15) is 8.78 Å². The summed E-state index contributed by atoms with van der Waals surface area (Å²) in [5.74, 6) is -1.50. The highest BCUT2D eigenvalue weighted by molar-refractivity contribution is 5.36. The number of benzene rings is 1. The summed E-state index contributed by atoms with van der Waals surface area (Å²) in [4.78, 5) is 0. The van der Waals surface area contributed by atoms with E-state index in [1.54, 1.807) is 0 Å². The molecule has 0 amide bonds. The Hall–Kier alpha value is -1.16. The van der Waals surface area contributed by atoms with Gasteiger partial charge in [-0.05, 0) is 6.92 Å². The molecule has 0 aliphatic heterocycles. The number of hydrogen-bond donors (Lipinski definition) is 1. The van der Waals surface area contributed by atoms with E-state index < -0.39 is 17.7 Å². The van der Waals surface area contributed by atoms with Crippen molar-refractivity contribution in [2.45, 2.75) is 13.0 Å². The van der Waals surface area contributed by atoms with Crippen molar-refractivity contribution >= 4 is 0 Å². The lowest BCUT2D eigenvalue weighted by Crippen LogP contribution is -2.01. The third-order valence-corrected chi connectivity index (χ3v) is 1.69. The van der Waals surface area contributed by atoms with E-state index in [2.05, 4.69) is 0 Å². The Balaban J connectivity index is 3.30. The summed E-state index contributed by atoms with van der Waals surface area (Å²) in [6, 6.07) is 1.75. The largest absolute Gasteiger partial charge is 0.496 e. The number of methoxy groups -OCH3 is 1. The monoisotopic (exact) mass is 188 g/mol. The molecule has 72 valence electrons. The molecule has 0 aliphatic rings. The molecule has 0 aliphatic carbocycles. The van der Waals surface area contributed by atoms with Crippen LogP contribution in [0, 0.1) is 11.6 Å². The van der Waals surface area contributed by atoms with Crippen LogP contribution in [0.2, 0.25) is 0 Å². The number of halogens is 2. The molecule has 13 heavy (non-hydrogen) atoms. The fraction of sp³-hybridized carbons (Fsp3) is 0.333. The predicted octanol–water partition coefficient (Wildman–Crippen LogP) is 2.03. The van der Waals surface area contributed by atoms with Gasteiger partial charge in [-0.15, -0.1) is 0 Å². The third kappa shape index (κ3) is 1.95. The average Bonchev–Trinajstić information content (AvgIpc) is 2.01. The smallest absolute Gasteiger partial charge is 0.135 e. The molecule has 1 atom stereocenters. The molecule has 1 N–H and O–H groups in total. The molecule has 0 fully saturated rings. The van der Waals surface area contributed by atoms with Crippen LogP contribution in [-0.2, 0) is 0 Å². The third-order valence-electron chi connectivity index (χ3n) is 1.69. The molecule has 4 heteroatoms. The standard InChI is InChI=1S/C9H10F2O2/c1-5(12)9-7(11)3-6(10)4-8(9)13-2/h3-5,12H,1-2H3/t5-/m0/s1. The molecule has 0 radical (unpaired) electrons. The fourth-order valence-corrected chi connectivity index (χ4v) is 1.14. The van der Waals surface area contributed by atoms with E-state index >= 15 is 0 Å². The molecule has 0 saturated heterocycles. The van der Waals surface area contributed by atoms with Gasteiger partial charge >= 0.3 is 0 Å². The molecule has 2 nitrogen and oxygen atoms in total. The first-order valence-electron chi connectivity index (χ1n) is 3.77. The second-order valence-corrected chi connectivity index (χ2v) is 2.68. The quantitative estimate of drug-likeness (QED) is 0.769. The number of aliphatic hydroxyl groups excluding tert-OH is 1. The first-order chi connectivity index (χ1) is 6.06. The van der Waals surface area contributed by atoms with Gasteiger partial charge in [0, 0.05) is 12.1 Å². The molecule has 0 aromatic heterocycles. The van der Waals surface area contributed by atoms with Crippen LogP contribution in [0.5, 0.6) is 5.75 Å². The number of aliphatic hydroxyl groups is 1. The predicted molar refractivity (Wildman–Crippen MR) is 43.5 cm³/mol. The minimum atomic E-state index is -1.02. The van der Waals surface area contributed by atoms with Crippen LogP contribution < -0.4 is 4.74 Å². The zero-order valence-corrected chi connectivity index (χ0v) is 7.34. The summed E-state index contributed by atoms with van der Waals surface area (Å²) in [6.07, 6.45) is -1.02. The van der Waals surface area contributed by atoms with Gasteiger partial charge in [-0.2, -0.15) is 0 Å². The molecule has 0 unspecified atom stereocenters. The lowest BCUT2D eigenvalue weighted by molar-refractivity contribution is 0.188. The Labute approximate surface area is 74.8 Å². The van der Waals surface area contributed by atoms with Gasteiger partial charge in [-0.3, -0.25) is 0 Å².